The predicted octanol–water partition coefficient (Wildman–Crippen LogP) is 2.63. The van der Waals surface area contributed by atoms with Crippen molar-refractivity contribution in [3.05, 3.63) is 29.8 Å². The topological polar surface area (TPSA) is 24.5 Å². The molecule has 0 radical (unpaired) electrons. The lowest BCUT2D eigenvalue weighted by Gasteiger charge is -2.26. The van der Waals surface area contributed by atoms with Gasteiger partial charge in [0.15, 0.2) is 0 Å². The van der Waals surface area contributed by atoms with Gasteiger partial charge in [0.1, 0.15) is 5.75 Å². The van der Waals surface area contributed by atoms with E-state index < -0.39 is 0 Å². The second-order valence-corrected chi connectivity index (χ2v) is 6.01. The molecule has 1 N–H and O–H groups in total. The molecule has 20 heavy (non-hydrogen) atoms. The van der Waals surface area contributed by atoms with Crippen molar-refractivity contribution >= 4 is 0 Å². The minimum atomic E-state index is 0.529. The summed E-state index contributed by atoms with van der Waals surface area (Å²) in [4.78, 5) is 2.61. The summed E-state index contributed by atoms with van der Waals surface area (Å²) in [5, 5.41) is 3.60. The highest BCUT2D eigenvalue weighted by molar-refractivity contribution is 5.39. The van der Waals surface area contributed by atoms with Gasteiger partial charge in [-0.15, -0.1) is 0 Å². The van der Waals surface area contributed by atoms with Gasteiger partial charge in [-0.05, 0) is 51.5 Å². The molecule has 110 valence electrons. The van der Waals surface area contributed by atoms with Crippen LogP contribution >= 0.6 is 0 Å². The van der Waals surface area contributed by atoms with Crippen molar-refractivity contribution in [2.24, 2.45) is 0 Å². The van der Waals surface area contributed by atoms with Gasteiger partial charge in [-0.1, -0.05) is 24.6 Å². The van der Waals surface area contributed by atoms with Crippen LogP contribution in [0.3, 0.4) is 0 Å². The monoisotopic (exact) mass is 274 g/mol. The predicted molar refractivity (Wildman–Crippen MR) is 82.5 cm³/mol. The first-order chi connectivity index (χ1) is 9.93. The van der Waals surface area contributed by atoms with E-state index in [2.05, 4.69) is 28.4 Å². The molecule has 0 amide bonds. The summed E-state index contributed by atoms with van der Waals surface area (Å²) in [6.45, 7) is 6.86. The van der Waals surface area contributed by atoms with Gasteiger partial charge in [0.05, 0.1) is 6.61 Å². The highest BCUT2D eigenvalue weighted by atomic mass is 16.5. The first-order valence-corrected chi connectivity index (χ1v) is 8.08. The van der Waals surface area contributed by atoms with Crippen LogP contribution in [0.5, 0.6) is 5.75 Å². The van der Waals surface area contributed by atoms with Gasteiger partial charge in [0.25, 0.3) is 0 Å². The molecule has 1 atom stereocenters. The van der Waals surface area contributed by atoms with E-state index in [0.717, 1.165) is 25.4 Å². The van der Waals surface area contributed by atoms with E-state index in [9.17, 15) is 0 Å². The fraction of sp³-hybridized carbons (Fsp3) is 0.647. The molecule has 3 rings (SSSR count). The average molecular weight is 274 g/mol. The molecular weight excluding hydrogens is 248 g/mol. The number of benzene rings is 1. The average Bonchev–Trinajstić information content (AvgIpc) is 2.91. The molecule has 1 fully saturated rings. The van der Waals surface area contributed by atoms with E-state index in [1.807, 2.05) is 6.07 Å². The quantitative estimate of drug-likeness (QED) is 0.807. The van der Waals surface area contributed by atoms with Crippen LogP contribution in [-0.4, -0.2) is 44.2 Å². The zero-order valence-corrected chi connectivity index (χ0v) is 12.3. The zero-order valence-electron chi connectivity index (χ0n) is 12.3. The van der Waals surface area contributed by atoms with Crippen molar-refractivity contribution in [1.82, 2.24) is 10.2 Å². The number of piperidine rings is 1. The first-order valence-electron chi connectivity index (χ1n) is 8.08. The Labute approximate surface area is 122 Å². The van der Waals surface area contributed by atoms with E-state index in [4.69, 9.17) is 4.74 Å². The Balaban J connectivity index is 1.32. The van der Waals surface area contributed by atoms with Crippen LogP contribution in [0.2, 0.25) is 0 Å². The van der Waals surface area contributed by atoms with Gasteiger partial charge in [-0.3, -0.25) is 0 Å². The lowest BCUT2D eigenvalue weighted by molar-refractivity contribution is 0.225. The summed E-state index contributed by atoms with van der Waals surface area (Å²) >= 11 is 0. The maximum atomic E-state index is 5.72. The number of fused-ring (bicyclic) bond motifs is 1. The van der Waals surface area contributed by atoms with Gasteiger partial charge in [-0.25, -0.2) is 0 Å². The van der Waals surface area contributed by atoms with E-state index in [-0.39, 0.29) is 0 Å². The highest BCUT2D eigenvalue weighted by Gasteiger charge is 2.22. The summed E-state index contributed by atoms with van der Waals surface area (Å²) in [7, 11) is 0. The third kappa shape index (κ3) is 3.53. The maximum absolute atomic E-state index is 5.72. The fourth-order valence-corrected chi connectivity index (χ4v) is 3.29. The Morgan fingerprint density at radius 2 is 2.00 bits per heavy atom. The van der Waals surface area contributed by atoms with Gasteiger partial charge in [-0.2, -0.15) is 0 Å². The van der Waals surface area contributed by atoms with Gasteiger partial charge < -0.3 is 15.0 Å². The summed E-state index contributed by atoms with van der Waals surface area (Å²) in [5.74, 6) is 1.61. The molecule has 3 nitrogen and oxygen atoms in total. The third-order valence-corrected chi connectivity index (χ3v) is 4.47. The minimum Gasteiger partial charge on any atom is -0.493 e. The molecule has 0 bridgehead atoms. The second kappa shape index (κ2) is 7.09. The number of rotatable bonds is 6. The summed E-state index contributed by atoms with van der Waals surface area (Å²) in [5.41, 5.74) is 1.37. The molecular formula is C17H26N2O. The van der Waals surface area contributed by atoms with Gasteiger partial charge in [0, 0.05) is 18.0 Å². The number of hydrogen-bond donors (Lipinski definition) is 1. The molecule has 2 aliphatic rings. The summed E-state index contributed by atoms with van der Waals surface area (Å²) in [6.07, 6.45) is 5.47. The van der Waals surface area contributed by atoms with Crippen LogP contribution < -0.4 is 10.1 Å². The molecule has 1 aromatic carbocycles. The lowest BCUT2D eigenvalue weighted by Crippen LogP contribution is -2.33. The largest absolute Gasteiger partial charge is 0.493 e. The van der Waals surface area contributed by atoms with Gasteiger partial charge >= 0.3 is 0 Å². The van der Waals surface area contributed by atoms with Crippen LogP contribution in [0, 0.1) is 0 Å². The second-order valence-electron chi connectivity index (χ2n) is 6.01. The van der Waals surface area contributed by atoms with Crippen LogP contribution in [-0.2, 0) is 0 Å². The highest BCUT2D eigenvalue weighted by Crippen LogP contribution is 2.32. The summed E-state index contributed by atoms with van der Waals surface area (Å²) < 4.78 is 5.72. The molecule has 0 aliphatic carbocycles. The van der Waals surface area contributed by atoms with Crippen molar-refractivity contribution in [1.29, 1.82) is 0 Å². The van der Waals surface area contributed by atoms with Crippen molar-refractivity contribution in [2.75, 3.05) is 39.3 Å². The Morgan fingerprint density at radius 1 is 1.15 bits per heavy atom. The SMILES string of the molecule is c1ccc2c(c1)OCC2CNCCCN1CCCCC1. The zero-order chi connectivity index (χ0) is 13.6. The first kappa shape index (κ1) is 13.9. The van der Waals surface area contributed by atoms with Crippen LogP contribution in [0.1, 0.15) is 37.2 Å². The lowest BCUT2D eigenvalue weighted by atomic mass is 10.0. The van der Waals surface area contributed by atoms with Gasteiger partial charge in [0.2, 0.25) is 0 Å². The van der Waals surface area contributed by atoms with Crippen molar-refractivity contribution in [2.45, 2.75) is 31.6 Å². The molecule has 0 saturated carbocycles. The molecule has 0 aromatic heterocycles. The van der Waals surface area contributed by atoms with E-state index >= 15 is 0 Å². The van der Waals surface area contributed by atoms with Crippen molar-refractivity contribution in [3.8, 4) is 5.75 Å². The Kier molecular flexibility index (Phi) is 4.93. The molecule has 2 heterocycles. The number of ether oxygens (including phenoxy) is 1. The number of likely N-dealkylation sites (tertiary alicyclic amines) is 1. The number of para-hydroxylation sites is 1. The third-order valence-electron chi connectivity index (χ3n) is 4.47. The van der Waals surface area contributed by atoms with E-state index in [1.54, 1.807) is 0 Å². The molecule has 1 unspecified atom stereocenters. The van der Waals surface area contributed by atoms with Crippen LogP contribution in [0.4, 0.5) is 0 Å². The van der Waals surface area contributed by atoms with Crippen molar-refractivity contribution in [3.63, 3.8) is 0 Å². The van der Waals surface area contributed by atoms with E-state index in [1.165, 1.54) is 50.9 Å². The Bertz CT molecular complexity index is 415. The Morgan fingerprint density at radius 3 is 2.90 bits per heavy atom. The molecule has 3 heteroatoms. The minimum absolute atomic E-state index is 0.529. The number of nitrogens with one attached hydrogen (secondary N) is 1. The van der Waals surface area contributed by atoms with Crippen LogP contribution in [0.25, 0.3) is 0 Å². The summed E-state index contributed by atoms with van der Waals surface area (Å²) in [6, 6.07) is 8.43. The van der Waals surface area contributed by atoms with E-state index in [0.29, 0.717) is 5.92 Å². The molecule has 1 saturated heterocycles. The van der Waals surface area contributed by atoms with Crippen LogP contribution in [0.15, 0.2) is 24.3 Å². The normalized spacial score (nSPS) is 22.5. The molecule has 1 aromatic rings. The Hall–Kier alpha value is -1.06. The number of nitrogens with zero attached hydrogens (tertiary/aromatic N) is 1. The smallest absolute Gasteiger partial charge is 0.122 e. The standard InChI is InChI=1S/C17H26N2O/c1-4-10-19(11-5-1)12-6-9-18-13-15-14-20-17-8-3-2-7-16(15)17/h2-3,7-8,15,18H,1,4-6,9-14H2. The maximum Gasteiger partial charge on any atom is 0.122 e. The van der Waals surface area contributed by atoms with Crippen molar-refractivity contribution < 1.29 is 4.74 Å². The fourth-order valence-electron chi connectivity index (χ4n) is 3.29. The molecule has 2 aliphatic heterocycles. The molecule has 0 spiro atoms. The number of hydrogen-bond acceptors (Lipinski definition) is 3.